The first-order chi connectivity index (χ1) is 15.2. The van der Waals surface area contributed by atoms with Crippen molar-refractivity contribution in [3.05, 3.63) is 71.6 Å². The average molecular weight is 411 g/mol. The first-order valence-electron chi connectivity index (χ1n) is 11.6. The molecule has 4 nitrogen and oxygen atoms in total. The van der Waals surface area contributed by atoms with Crippen LogP contribution in [0.4, 0.5) is 11.4 Å². The molecule has 3 fully saturated rings. The summed E-state index contributed by atoms with van der Waals surface area (Å²) in [4.78, 5) is 8.55. The van der Waals surface area contributed by atoms with Crippen LogP contribution in [-0.4, -0.2) is 36.6 Å². The molecule has 4 heteroatoms. The van der Waals surface area contributed by atoms with Crippen molar-refractivity contribution >= 4 is 11.4 Å². The average Bonchev–Trinajstić information content (AvgIpc) is 3.56. The number of rotatable bonds is 6. The minimum Gasteiger partial charge on any atom is -0.376 e. The van der Waals surface area contributed by atoms with Gasteiger partial charge in [0.1, 0.15) is 0 Å². The van der Waals surface area contributed by atoms with Crippen LogP contribution in [0.5, 0.6) is 0 Å². The summed E-state index contributed by atoms with van der Waals surface area (Å²) < 4.78 is 0. The number of piperidine rings is 1. The van der Waals surface area contributed by atoms with Crippen molar-refractivity contribution in [3.8, 4) is 6.07 Å². The van der Waals surface area contributed by atoms with Crippen LogP contribution in [0.1, 0.15) is 43.6 Å². The van der Waals surface area contributed by atoms with Gasteiger partial charge in [0, 0.05) is 18.8 Å². The van der Waals surface area contributed by atoms with Gasteiger partial charge in [-0.15, -0.1) is 0 Å². The first-order valence-corrected chi connectivity index (χ1v) is 11.6. The van der Waals surface area contributed by atoms with Crippen molar-refractivity contribution in [1.82, 2.24) is 4.90 Å². The van der Waals surface area contributed by atoms with Gasteiger partial charge in [0.25, 0.3) is 0 Å². The summed E-state index contributed by atoms with van der Waals surface area (Å²) in [7, 11) is 0. The zero-order valence-corrected chi connectivity index (χ0v) is 18.1. The van der Waals surface area contributed by atoms with E-state index in [9.17, 15) is 5.26 Å². The zero-order valence-electron chi connectivity index (χ0n) is 18.1. The maximum absolute atomic E-state index is 9.53. The van der Waals surface area contributed by atoms with Crippen molar-refractivity contribution in [2.75, 3.05) is 31.1 Å². The largest absolute Gasteiger partial charge is 0.376 e. The molecule has 158 valence electrons. The molecule has 5 rings (SSSR count). The van der Waals surface area contributed by atoms with Crippen LogP contribution in [0.2, 0.25) is 0 Å². The number of hydrogen-bond donors (Lipinski definition) is 0. The zero-order chi connectivity index (χ0) is 21.3. The van der Waals surface area contributed by atoms with Crippen LogP contribution in [0.3, 0.4) is 0 Å². The lowest BCUT2D eigenvalue weighted by atomic mass is 9.80. The lowest BCUT2D eigenvalue weighted by Crippen LogP contribution is -2.71. The van der Waals surface area contributed by atoms with E-state index in [0.717, 1.165) is 49.6 Å². The number of benzene rings is 2. The van der Waals surface area contributed by atoms with Gasteiger partial charge >= 0.3 is 0 Å². The Balaban J connectivity index is 1.16. The molecule has 0 amide bonds. The molecular formula is C27H30N4. The minimum absolute atomic E-state index is 0.0407. The number of nitrogens with zero attached hydrogens (tertiary/aromatic N) is 4. The van der Waals surface area contributed by atoms with Gasteiger partial charge in [0.05, 0.1) is 24.6 Å². The lowest BCUT2D eigenvalue weighted by Gasteiger charge is -2.57. The Labute approximate surface area is 185 Å². The van der Waals surface area contributed by atoms with Gasteiger partial charge in [0.2, 0.25) is 5.69 Å². The highest BCUT2D eigenvalue weighted by Crippen LogP contribution is 2.52. The van der Waals surface area contributed by atoms with E-state index in [1.807, 2.05) is 24.3 Å². The highest BCUT2D eigenvalue weighted by atomic mass is 15.4. The third-order valence-electron chi connectivity index (χ3n) is 7.79. The summed E-state index contributed by atoms with van der Waals surface area (Å²) in [6.07, 6.45) is 5.81. The molecule has 1 saturated carbocycles. The van der Waals surface area contributed by atoms with E-state index >= 15 is 0 Å². The molecule has 2 saturated heterocycles. The van der Waals surface area contributed by atoms with E-state index < -0.39 is 0 Å². The predicted octanol–water partition coefficient (Wildman–Crippen LogP) is 5.62. The second kappa shape index (κ2) is 8.37. The molecule has 1 aliphatic carbocycles. The topological polar surface area (TPSA) is 34.6 Å². The number of hydrogen-bond acceptors (Lipinski definition) is 3. The molecule has 0 aromatic heterocycles. The standard InChI is InChI=1S/C27H30N4/c1-29-25-9-5-6-10-26(25)30-19-27(20-30,13-14-28)31-15-11-21(12-16-31)17-23-18-24(23)22-7-3-2-4-8-22/h2-10,21,23-24H,11-13,15-20H2. The van der Waals surface area contributed by atoms with Crippen LogP contribution in [-0.2, 0) is 0 Å². The maximum atomic E-state index is 9.53. The fourth-order valence-electron chi connectivity index (χ4n) is 5.92. The second-order valence-electron chi connectivity index (χ2n) is 9.69. The summed E-state index contributed by atoms with van der Waals surface area (Å²) in [5, 5.41) is 9.53. The molecule has 2 unspecified atom stereocenters. The summed E-state index contributed by atoms with van der Waals surface area (Å²) >= 11 is 0. The molecule has 0 spiro atoms. The van der Waals surface area contributed by atoms with Gasteiger partial charge in [-0.1, -0.05) is 48.5 Å². The van der Waals surface area contributed by atoms with E-state index in [1.54, 1.807) is 0 Å². The minimum atomic E-state index is -0.0407. The molecule has 31 heavy (non-hydrogen) atoms. The summed E-state index contributed by atoms with van der Waals surface area (Å²) in [6.45, 7) is 11.4. The third-order valence-corrected chi connectivity index (χ3v) is 7.79. The van der Waals surface area contributed by atoms with Gasteiger partial charge in [-0.25, -0.2) is 4.85 Å². The second-order valence-corrected chi connectivity index (χ2v) is 9.69. The summed E-state index contributed by atoms with van der Waals surface area (Å²) in [5.74, 6) is 2.48. The molecule has 2 aliphatic heterocycles. The van der Waals surface area contributed by atoms with E-state index in [4.69, 9.17) is 6.57 Å². The Hall–Kier alpha value is -2.82. The Morgan fingerprint density at radius 3 is 2.45 bits per heavy atom. The number of anilines is 1. The van der Waals surface area contributed by atoms with E-state index in [2.05, 4.69) is 51.0 Å². The smallest absolute Gasteiger partial charge is 0.209 e. The van der Waals surface area contributed by atoms with Crippen LogP contribution >= 0.6 is 0 Å². The quantitative estimate of drug-likeness (QED) is 0.580. The van der Waals surface area contributed by atoms with Crippen molar-refractivity contribution in [2.45, 2.75) is 43.6 Å². The Morgan fingerprint density at radius 1 is 1.03 bits per heavy atom. The van der Waals surface area contributed by atoms with Gasteiger partial charge in [0.15, 0.2) is 0 Å². The van der Waals surface area contributed by atoms with Crippen molar-refractivity contribution in [1.29, 1.82) is 5.26 Å². The van der Waals surface area contributed by atoms with E-state index in [0.29, 0.717) is 12.1 Å². The number of nitriles is 1. The lowest BCUT2D eigenvalue weighted by molar-refractivity contribution is 0.0280. The van der Waals surface area contributed by atoms with Crippen LogP contribution in [0, 0.1) is 29.7 Å². The van der Waals surface area contributed by atoms with Crippen molar-refractivity contribution in [2.24, 2.45) is 11.8 Å². The predicted molar refractivity (Wildman–Crippen MR) is 124 cm³/mol. The fourth-order valence-corrected chi connectivity index (χ4v) is 5.92. The molecule has 3 aliphatic rings. The van der Waals surface area contributed by atoms with Crippen LogP contribution in [0.25, 0.3) is 4.85 Å². The van der Waals surface area contributed by atoms with Gasteiger partial charge < -0.3 is 4.90 Å². The maximum Gasteiger partial charge on any atom is 0.209 e. The molecule has 2 aromatic rings. The SMILES string of the molecule is [C-]#[N+]c1ccccc1N1CC(CC#N)(N2CCC(CC3CC3c3ccccc3)CC2)C1. The fraction of sp³-hybridized carbons (Fsp3) is 0.481. The Morgan fingerprint density at radius 2 is 1.74 bits per heavy atom. The molecule has 2 atom stereocenters. The van der Waals surface area contributed by atoms with E-state index in [-0.39, 0.29) is 5.54 Å². The highest BCUT2D eigenvalue weighted by Gasteiger charge is 2.49. The third kappa shape index (κ3) is 3.93. The van der Waals surface area contributed by atoms with Crippen LogP contribution < -0.4 is 4.90 Å². The molecule has 2 heterocycles. The van der Waals surface area contributed by atoms with Gasteiger partial charge in [-0.2, -0.15) is 5.26 Å². The number of likely N-dealkylation sites (tertiary alicyclic amines) is 1. The molecule has 0 N–H and O–H groups in total. The van der Waals surface area contributed by atoms with Crippen molar-refractivity contribution < 1.29 is 0 Å². The normalized spacial score (nSPS) is 25.3. The van der Waals surface area contributed by atoms with E-state index in [1.165, 1.54) is 31.2 Å². The van der Waals surface area contributed by atoms with Crippen LogP contribution in [0.15, 0.2) is 54.6 Å². The Bertz CT molecular complexity index is 988. The molecule has 0 bridgehead atoms. The highest BCUT2D eigenvalue weighted by molar-refractivity contribution is 5.72. The molecular weight excluding hydrogens is 380 g/mol. The number of para-hydroxylation sites is 2. The summed E-state index contributed by atoms with van der Waals surface area (Å²) in [5.41, 5.74) is 3.21. The monoisotopic (exact) mass is 410 g/mol. The van der Waals surface area contributed by atoms with Gasteiger partial charge in [-0.05, 0) is 68.2 Å². The molecule has 2 aromatic carbocycles. The van der Waals surface area contributed by atoms with Gasteiger partial charge in [-0.3, -0.25) is 4.90 Å². The molecule has 0 radical (unpaired) electrons. The Kier molecular flexibility index (Phi) is 5.43. The summed E-state index contributed by atoms with van der Waals surface area (Å²) in [6, 6.07) is 21.3. The first kappa shape index (κ1) is 20.1. The van der Waals surface area contributed by atoms with Crippen molar-refractivity contribution in [3.63, 3.8) is 0 Å².